The molecule has 6 nitrogen and oxygen atoms in total. The van der Waals surface area contributed by atoms with Crippen LogP contribution >= 0.6 is 0 Å². The second kappa shape index (κ2) is 3.95. The van der Waals surface area contributed by atoms with Gasteiger partial charge in [0.1, 0.15) is 0 Å². The van der Waals surface area contributed by atoms with Crippen molar-refractivity contribution < 1.29 is 17.4 Å². The molecular formula is C9H8N2O4S. The van der Waals surface area contributed by atoms with Crippen LogP contribution in [0.2, 0.25) is 0 Å². The van der Waals surface area contributed by atoms with Crippen LogP contribution in [0.15, 0.2) is 41.3 Å². The van der Waals surface area contributed by atoms with Crippen LogP contribution in [-0.4, -0.2) is 18.0 Å². The number of rotatable bonds is 3. The first kappa shape index (κ1) is 10.7. The smallest absolute Gasteiger partial charge is 0.357 e. The number of hydrogen-bond acceptors (Lipinski definition) is 4. The minimum Gasteiger partial charge on any atom is -0.444 e. The lowest BCUT2D eigenvalue weighted by Crippen LogP contribution is -2.09. The summed E-state index contributed by atoms with van der Waals surface area (Å²) in [5, 5.41) is 0. The van der Waals surface area contributed by atoms with Gasteiger partial charge in [0.05, 0.1) is 11.9 Å². The van der Waals surface area contributed by atoms with Gasteiger partial charge in [0.25, 0.3) is 0 Å². The second-order valence-corrected chi connectivity index (χ2v) is 4.17. The highest BCUT2D eigenvalue weighted by Gasteiger charge is 2.05. The molecule has 0 fully saturated rings. The van der Waals surface area contributed by atoms with Crippen molar-refractivity contribution >= 4 is 16.0 Å². The average molecular weight is 240 g/mol. The van der Waals surface area contributed by atoms with Crippen LogP contribution in [0.1, 0.15) is 0 Å². The van der Waals surface area contributed by atoms with Gasteiger partial charge in [0, 0.05) is 5.56 Å². The summed E-state index contributed by atoms with van der Waals surface area (Å²) >= 11 is 0. The predicted molar refractivity (Wildman–Crippen MR) is 57.1 cm³/mol. The zero-order valence-corrected chi connectivity index (χ0v) is 8.81. The molecule has 7 heteroatoms. The molecule has 0 aliphatic rings. The number of nitrogens with one attached hydrogen (secondary N) is 1. The molecule has 1 aromatic heterocycles. The summed E-state index contributed by atoms with van der Waals surface area (Å²) in [6.45, 7) is 0. The Morgan fingerprint density at radius 2 is 1.94 bits per heavy atom. The second-order valence-electron chi connectivity index (χ2n) is 3.02. The van der Waals surface area contributed by atoms with E-state index >= 15 is 0 Å². The molecule has 1 aromatic carbocycles. The molecule has 2 aromatic rings. The Balaban J connectivity index is 2.24. The molecule has 0 spiro atoms. The van der Waals surface area contributed by atoms with Gasteiger partial charge in [-0.2, -0.15) is 8.42 Å². The lowest BCUT2D eigenvalue weighted by molar-refractivity contribution is 0.489. The van der Waals surface area contributed by atoms with E-state index in [9.17, 15) is 8.42 Å². The van der Waals surface area contributed by atoms with Crippen LogP contribution in [0.5, 0.6) is 0 Å². The summed E-state index contributed by atoms with van der Waals surface area (Å²) in [7, 11) is -4.23. The van der Waals surface area contributed by atoms with E-state index in [-0.39, 0.29) is 5.69 Å². The van der Waals surface area contributed by atoms with Gasteiger partial charge < -0.3 is 4.42 Å². The number of oxazole rings is 1. The zero-order chi connectivity index (χ0) is 11.6. The van der Waals surface area contributed by atoms with E-state index in [2.05, 4.69) is 4.98 Å². The van der Waals surface area contributed by atoms with Crippen molar-refractivity contribution in [3.05, 3.63) is 36.9 Å². The van der Waals surface area contributed by atoms with Crippen molar-refractivity contribution in [2.24, 2.45) is 0 Å². The first-order valence-corrected chi connectivity index (χ1v) is 5.73. The first-order valence-electron chi connectivity index (χ1n) is 4.29. The Kier molecular flexibility index (Phi) is 2.63. The van der Waals surface area contributed by atoms with Gasteiger partial charge in [-0.3, -0.25) is 9.27 Å². The fourth-order valence-corrected chi connectivity index (χ4v) is 1.64. The summed E-state index contributed by atoms with van der Waals surface area (Å²) in [6.07, 6.45) is 2.85. The van der Waals surface area contributed by atoms with Gasteiger partial charge in [-0.05, 0) is 24.3 Å². The van der Waals surface area contributed by atoms with Gasteiger partial charge in [-0.1, -0.05) is 0 Å². The SMILES string of the molecule is O=S(=O)(O)Nc1ccc(-c2cnco2)cc1. The molecule has 0 aliphatic heterocycles. The fraction of sp³-hybridized carbons (Fsp3) is 0. The van der Waals surface area contributed by atoms with Gasteiger partial charge in [0.2, 0.25) is 0 Å². The minimum atomic E-state index is -4.23. The maximum Gasteiger partial charge on any atom is 0.357 e. The lowest BCUT2D eigenvalue weighted by atomic mass is 10.2. The average Bonchev–Trinajstić information content (AvgIpc) is 2.69. The minimum absolute atomic E-state index is 0.269. The third-order valence-corrected chi connectivity index (χ3v) is 2.34. The van der Waals surface area contributed by atoms with Crippen molar-refractivity contribution in [1.29, 1.82) is 0 Å². The van der Waals surface area contributed by atoms with E-state index in [0.29, 0.717) is 5.76 Å². The van der Waals surface area contributed by atoms with Crippen LogP contribution in [0.4, 0.5) is 5.69 Å². The third kappa shape index (κ3) is 2.59. The van der Waals surface area contributed by atoms with Gasteiger partial charge in [-0.25, -0.2) is 4.98 Å². The molecule has 0 aliphatic carbocycles. The molecular weight excluding hydrogens is 232 g/mol. The molecule has 0 atom stereocenters. The molecule has 84 valence electrons. The van der Waals surface area contributed by atoms with Crippen LogP contribution in [0.3, 0.4) is 0 Å². The highest BCUT2D eigenvalue weighted by atomic mass is 32.2. The van der Waals surface area contributed by atoms with Gasteiger partial charge in [-0.15, -0.1) is 0 Å². The van der Waals surface area contributed by atoms with E-state index in [1.165, 1.54) is 18.5 Å². The normalized spacial score (nSPS) is 11.3. The summed E-state index contributed by atoms with van der Waals surface area (Å²) in [4.78, 5) is 3.76. The number of aromatic nitrogens is 1. The van der Waals surface area contributed by atoms with Crippen molar-refractivity contribution in [3.63, 3.8) is 0 Å². The summed E-state index contributed by atoms with van der Waals surface area (Å²) in [5.41, 5.74) is 1.03. The third-order valence-electron chi connectivity index (χ3n) is 1.85. The van der Waals surface area contributed by atoms with E-state index in [4.69, 9.17) is 8.97 Å². The molecule has 0 saturated carbocycles. The molecule has 0 radical (unpaired) electrons. The fourth-order valence-electron chi connectivity index (χ4n) is 1.21. The number of nitrogens with zero attached hydrogens (tertiary/aromatic N) is 1. The number of hydrogen-bond donors (Lipinski definition) is 2. The van der Waals surface area contributed by atoms with Crippen molar-refractivity contribution in [1.82, 2.24) is 4.98 Å². The Morgan fingerprint density at radius 3 is 2.44 bits per heavy atom. The molecule has 16 heavy (non-hydrogen) atoms. The maximum absolute atomic E-state index is 10.5. The highest BCUT2D eigenvalue weighted by Crippen LogP contribution is 2.20. The molecule has 0 saturated heterocycles. The predicted octanol–water partition coefficient (Wildman–Crippen LogP) is 1.56. The Hall–Kier alpha value is -1.86. The van der Waals surface area contributed by atoms with Gasteiger partial charge >= 0.3 is 10.3 Å². The molecule has 0 unspecified atom stereocenters. The topological polar surface area (TPSA) is 92.4 Å². The van der Waals surface area contributed by atoms with Crippen molar-refractivity contribution in [2.75, 3.05) is 4.72 Å². The van der Waals surface area contributed by atoms with Crippen molar-refractivity contribution in [3.8, 4) is 11.3 Å². The Morgan fingerprint density at radius 1 is 1.25 bits per heavy atom. The Bertz CT molecular complexity index is 560. The zero-order valence-electron chi connectivity index (χ0n) is 7.99. The quantitative estimate of drug-likeness (QED) is 0.794. The number of benzene rings is 1. The first-order chi connectivity index (χ1) is 7.54. The molecule has 1 heterocycles. The summed E-state index contributed by atoms with van der Waals surface area (Å²) in [5.74, 6) is 0.582. The number of anilines is 1. The van der Waals surface area contributed by atoms with E-state index in [1.807, 2.05) is 4.72 Å². The largest absolute Gasteiger partial charge is 0.444 e. The van der Waals surface area contributed by atoms with E-state index in [1.54, 1.807) is 18.3 Å². The van der Waals surface area contributed by atoms with Crippen LogP contribution in [-0.2, 0) is 10.3 Å². The van der Waals surface area contributed by atoms with Gasteiger partial charge in [0.15, 0.2) is 12.2 Å². The molecule has 2 N–H and O–H groups in total. The monoisotopic (exact) mass is 240 g/mol. The summed E-state index contributed by atoms with van der Waals surface area (Å²) < 4.78 is 36.6. The van der Waals surface area contributed by atoms with Crippen LogP contribution in [0.25, 0.3) is 11.3 Å². The maximum atomic E-state index is 10.5. The molecule has 0 bridgehead atoms. The summed E-state index contributed by atoms with van der Waals surface area (Å²) in [6, 6.07) is 6.30. The van der Waals surface area contributed by atoms with E-state index < -0.39 is 10.3 Å². The Labute approximate surface area is 91.8 Å². The highest BCUT2D eigenvalue weighted by molar-refractivity contribution is 7.87. The lowest BCUT2D eigenvalue weighted by Gasteiger charge is -2.02. The van der Waals surface area contributed by atoms with Crippen molar-refractivity contribution in [2.45, 2.75) is 0 Å². The molecule has 2 rings (SSSR count). The standard InChI is InChI=1S/C9H8N2O4S/c12-16(13,14)11-8-3-1-7(2-4-8)9-5-10-6-15-9/h1-6,11H,(H,12,13,14). The van der Waals surface area contributed by atoms with E-state index in [0.717, 1.165) is 5.56 Å². The molecule has 0 amide bonds. The van der Waals surface area contributed by atoms with Crippen LogP contribution in [0, 0.1) is 0 Å². The van der Waals surface area contributed by atoms with Crippen LogP contribution < -0.4 is 4.72 Å².